The van der Waals surface area contributed by atoms with Gasteiger partial charge in [0.2, 0.25) is 0 Å². The Hall–Kier alpha value is -2.85. The quantitative estimate of drug-likeness (QED) is 0.276. The average Bonchev–Trinajstić information content (AvgIpc) is 2.78. The molecule has 4 aromatic rings. The van der Waals surface area contributed by atoms with Crippen LogP contribution in [0.15, 0.2) is 121 Å². The van der Waals surface area contributed by atoms with Gasteiger partial charge in [0.05, 0.1) is 0 Å². The van der Waals surface area contributed by atoms with E-state index in [0.29, 0.717) is 0 Å². The molecule has 0 saturated heterocycles. The van der Waals surface area contributed by atoms with Crippen molar-refractivity contribution in [1.29, 1.82) is 5.26 Å². The van der Waals surface area contributed by atoms with Gasteiger partial charge in [0.25, 0.3) is 0 Å². The Morgan fingerprint density at radius 1 is 0.464 bits per heavy atom. The van der Waals surface area contributed by atoms with E-state index in [4.69, 9.17) is 5.26 Å². The van der Waals surface area contributed by atoms with Crippen LogP contribution in [0.3, 0.4) is 0 Å². The minimum absolute atomic E-state index is 1.33. The molecule has 0 heterocycles. The second-order valence-corrected chi connectivity index (χ2v) is 13.4. The summed E-state index contributed by atoms with van der Waals surface area (Å²) in [6.45, 7) is 0. The zero-order valence-electron chi connectivity index (χ0n) is 15.3. The number of hydrogen-bond donors (Lipinski definition) is 0. The fourth-order valence-electron chi connectivity index (χ4n) is 3.50. The van der Waals surface area contributed by atoms with E-state index in [2.05, 4.69) is 134 Å². The molecule has 1 nitrogen and oxygen atoms in total. The van der Waals surface area contributed by atoms with Crippen LogP contribution >= 0.6 is 0 Å². The summed E-state index contributed by atoms with van der Waals surface area (Å²) in [5.74, 6) is 0. The van der Waals surface area contributed by atoms with Crippen molar-refractivity contribution >= 4 is 43.6 Å². The minimum atomic E-state index is -2.77. The summed E-state index contributed by atoms with van der Waals surface area (Å²) >= 11 is 0.931. The first kappa shape index (κ1) is 19.9. The van der Waals surface area contributed by atoms with Crippen molar-refractivity contribution in [2.24, 2.45) is 0 Å². The first-order chi connectivity index (χ1) is 13.8. The van der Waals surface area contributed by atoms with Crippen LogP contribution in [0.1, 0.15) is 0 Å². The second-order valence-electron chi connectivity index (χ2n) is 6.10. The Bertz CT molecular complexity index is 850. The molecule has 0 aromatic heterocycles. The van der Waals surface area contributed by atoms with Crippen molar-refractivity contribution in [3.8, 4) is 5.40 Å². The summed E-state index contributed by atoms with van der Waals surface area (Å²) in [5, 5.41) is 8.47. The predicted octanol–water partition coefficient (Wildman–Crippen LogP) is 3.08. The van der Waals surface area contributed by atoms with Crippen molar-refractivity contribution in [3.63, 3.8) is 0 Å². The van der Waals surface area contributed by atoms with E-state index in [1.54, 1.807) is 0 Å². The van der Waals surface area contributed by atoms with Gasteiger partial charge < -0.3 is 12.6 Å². The van der Waals surface area contributed by atoms with Gasteiger partial charge in [-0.05, 0) is 0 Å². The molecule has 0 N–H and O–H groups in total. The summed E-state index contributed by atoms with van der Waals surface area (Å²) < 4.78 is 5.79. The van der Waals surface area contributed by atoms with Crippen LogP contribution < -0.4 is 17.4 Å². The van der Waals surface area contributed by atoms with Gasteiger partial charge in [0, 0.05) is 0 Å². The van der Waals surface area contributed by atoms with Gasteiger partial charge in [0.15, 0.2) is 0 Å². The van der Waals surface area contributed by atoms with Gasteiger partial charge in [-0.3, -0.25) is 0 Å². The Balaban J connectivity index is 0.000000706. The molecule has 3 heteroatoms. The second kappa shape index (κ2) is 9.90. The number of nitriles is 1. The normalized spacial score (nSPS) is 10.2. The van der Waals surface area contributed by atoms with E-state index in [-0.39, 0.29) is 0 Å². The Labute approximate surface area is 175 Å². The zero-order chi connectivity index (χ0) is 19.7. The molecule has 0 aliphatic carbocycles. The number of hydrogen-bond acceptors (Lipinski definition) is 2. The van der Waals surface area contributed by atoms with E-state index in [1.807, 2.05) is 0 Å². The van der Waals surface area contributed by atoms with Crippen LogP contribution in [0.5, 0.6) is 0 Å². The molecule has 0 unspecified atom stereocenters. The van der Waals surface area contributed by atoms with E-state index in [0.717, 1.165) is 0 Å². The van der Waals surface area contributed by atoms with E-state index >= 15 is 0 Å². The van der Waals surface area contributed by atoms with Gasteiger partial charge in [-0.1, -0.05) is 5.40 Å². The van der Waals surface area contributed by atoms with E-state index in [1.165, 1.54) is 22.8 Å². The molecule has 4 aromatic carbocycles. The third kappa shape index (κ3) is 4.02. The molecule has 4 rings (SSSR count). The molecule has 136 valence electrons. The molecule has 0 saturated carbocycles. The molecule has 0 aliphatic rings. The third-order valence-corrected chi connectivity index (χ3v) is 13.6. The SMILES string of the molecule is N#C[S-].c1ccc([As+](c2ccccc2)(c2ccccc2)c2ccccc2)cc1. The van der Waals surface area contributed by atoms with Crippen LogP contribution in [0.25, 0.3) is 0 Å². The molecule has 0 bridgehead atoms. The topological polar surface area (TPSA) is 23.8 Å². The molecule has 0 fully saturated rings. The number of nitrogens with zero attached hydrogens (tertiary/aromatic N) is 1. The Morgan fingerprint density at radius 3 is 0.821 bits per heavy atom. The molecule has 0 aliphatic heterocycles. The van der Waals surface area contributed by atoms with Crippen LogP contribution in [0.4, 0.5) is 0 Å². The van der Waals surface area contributed by atoms with Gasteiger partial charge in [-0.2, -0.15) is 0 Å². The predicted molar refractivity (Wildman–Crippen MR) is 123 cm³/mol. The first-order valence-electron chi connectivity index (χ1n) is 8.96. The van der Waals surface area contributed by atoms with E-state index < -0.39 is 13.6 Å². The first-order valence-corrected chi connectivity index (χ1v) is 13.1. The average molecular weight is 441 g/mol. The summed E-state index contributed by atoms with van der Waals surface area (Å²) in [7, 11) is 0. The standard InChI is InChI=1S/C24H20As.CHNS/c1-5-13-21(14-6-1)25(22-15-7-2-8-16-22,23-17-9-3-10-18-23)24-19-11-4-12-20-24;2-1-3/h1-20H;3H/q+1;/p-1. The monoisotopic (exact) mass is 441 g/mol. The fraction of sp³-hybridized carbons (Fsp3) is 0. The van der Waals surface area contributed by atoms with Crippen LogP contribution in [0, 0.1) is 10.7 Å². The van der Waals surface area contributed by atoms with Crippen LogP contribution in [0.2, 0.25) is 0 Å². The van der Waals surface area contributed by atoms with Crippen molar-refractivity contribution in [2.75, 3.05) is 0 Å². The van der Waals surface area contributed by atoms with Crippen LogP contribution in [-0.2, 0) is 12.6 Å². The number of rotatable bonds is 4. The maximum atomic E-state index is 7.13. The van der Waals surface area contributed by atoms with Gasteiger partial charge >= 0.3 is 152 Å². The molecule has 0 spiro atoms. The van der Waals surface area contributed by atoms with Gasteiger partial charge in [-0.15, -0.1) is 0 Å². The molecule has 0 radical (unpaired) electrons. The fourth-order valence-corrected chi connectivity index (χ4v) is 12.5. The number of benzene rings is 4. The summed E-state index contributed by atoms with van der Waals surface area (Å²) in [5.41, 5.74) is 0. The van der Waals surface area contributed by atoms with Gasteiger partial charge in [-0.25, -0.2) is 5.26 Å². The summed E-state index contributed by atoms with van der Waals surface area (Å²) in [6, 6.07) is 44.2. The van der Waals surface area contributed by atoms with E-state index in [9.17, 15) is 0 Å². The third-order valence-electron chi connectivity index (χ3n) is 4.57. The van der Waals surface area contributed by atoms with Crippen LogP contribution in [-0.4, -0.2) is 13.6 Å². The van der Waals surface area contributed by atoms with Crippen molar-refractivity contribution in [3.05, 3.63) is 121 Å². The Kier molecular flexibility index (Phi) is 7.04. The van der Waals surface area contributed by atoms with Crippen molar-refractivity contribution < 1.29 is 0 Å². The molecular weight excluding hydrogens is 421 g/mol. The summed E-state index contributed by atoms with van der Waals surface area (Å²) in [6.07, 6.45) is 0. The maximum absolute atomic E-state index is 7.13. The molecule has 0 atom stereocenters. The zero-order valence-corrected chi connectivity index (χ0v) is 18.0. The molecular formula is C25H20AsNS. The Morgan fingerprint density at radius 2 is 0.643 bits per heavy atom. The van der Waals surface area contributed by atoms with Crippen molar-refractivity contribution in [2.45, 2.75) is 0 Å². The van der Waals surface area contributed by atoms with Crippen molar-refractivity contribution in [1.82, 2.24) is 0 Å². The summed E-state index contributed by atoms with van der Waals surface area (Å²) in [4.78, 5) is 0. The number of thiocyanates is 1. The van der Waals surface area contributed by atoms with Gasteiger partial charge in [0.1, 0.15) is 0 Å². The molecule has 0 amide bonds. The molecule has 28 heavy (non-hydrogen) atoms.